The molecular weight excluding hydrogens is 276 g/mol. The number of hydrogen-bond acceptors (Lipinski definition) is 4. The van der Waals surface area contributed by atoms with Crippen molar-refractivity contribution in [1.82, 2.24) is 9.97 Å². The molecule has 0 bridgehead atoms. The molecule has 1 amide bonds. The van der Waals surface area contributed by atoms with Crippen molar-refractivity contribution in [2.75, 3.05) is 10.6 Å². The summed E-state index contributed by atoms with van der Waals surface area (Å²) in [6.45, 7) is 0. The molecule has 22 heavy (non-hydrogen) atoms. The zero-order chi connectivity index (χ0) is 15.2. The molecule has 0 aliphatic rings. The molecule has 0 fully saturated rings. The van der Waals surface area contributed by atoms with Crippen molar-refractivity contribution in [1.29, 1.82) is 0 Å². The van der Waals surface area contributed by atoms with Crippen LogP contribution in [0.25, 0.3) is 0 Å². The SMILES string of the molecule is O=C(Nc1ccccc1)c1cc(Nc2ccccc2)ncn1. The molecule has 0 aliphatic heterocycles. The number of para-hydroxylation sites is 2. The van der Waals surface area contributed by atoms with Gasteiger partial charge in [-0.3, -0.25) is 4.79 Å². The first-order valence-electron chi connectivity index (χ1n) is 6.82. The number of carbonyl (C=O) groups is 1. The number of benzene rings is 2. The molecule has 2 aromatic carbocycles. The van der Waals surface area contributed by atoms with Crippen molar-refractivity contribution in [3.05, 3.63) is 78.8 Å². The van der Waals surface area contributed by atoms with Crippen LogP contribution in [0.5, 0.6) is 0 Å². The molecule has 108 valence electrons. The summed E-state index contributed by atoms with van der Waals surface area (Å²) in [5, 5.41) is 5.92. The molecule has 1 aromatic heterocycles. The predicted molar refractivity (Wildman–Crippen MR) is 86.2 cm³/mol. The summed E-state index contributed by atoms with van der Waals surface area (Å²) in [6.07, 6.45) is 1.37. The number of hydrogen-bond donors (Lipinski definition) is 2. The van der Waals surface area contributed by atoms with E-state index < -0.39 is 0 Å². The molecule has 0 atom stereocenters. The highest BCUT2D eigenvalue weighted by molar-refractivity contribution is 6.03. The van der Waals surface area contributed by atoms with Crippen molar-refractivity contribution in [3.63, 3.8) is 0 Å². The van der Waals surface area contributed by atoms with E-state index in [9.17, 15) is 4.79 Å². The molecule has 0 unspecified atom stereocenters. The summed E-state index contributed by atoms with van der Waals surface area (Å²) < 4.78 is 0. The summed E-state index contributed by atoms with van der Waals surface area (Å²) in [5.41, 5.74) is 1.93. The lowest BCUT2D eigenvalue weighted by Gasteiger charge is -2.07. The van der Waals surface area contributed by atoms with E-state index in [1.54, 1.807) is 6.07 Å². The Balaban J connectivity index is 1.75. The minimum atomic E-state index is -0.273. The Labute approximate surface area is 128 Å². The second kappa shape index (κ2) is 6.49. The molecule has 1 heterocycles. The van der Waals surface area contributed by atoms with Gasteiger partial charge in [0.25, 0.3) is 5.91 Å². The maximum Gasteiger partial charge on any atom is 0.274 e. The largest absolute Gasteiger partial charge is 0.340 e. The van der Waals surface area contributed by atoms with Crippen LogP contribution in [0.3, 0.4) is 0 Å². The summed E-state index contributed by atoms with van der Waals surface area (Å²) in [5.74, 6) is 0.295. The average Bonchev–Trinajstić information content (AvgIpc) is 2.57. The lowest BCUT2D eigenvalue weighted by Crippen LogP contribution is -2.14. The molecule has 3 rings (SSSR count). The van der Waals surface area contributed by atoms with E-state index in [1.165, 1.54) is 6.33 Å². The number of nitrogens with zero attached hydrogens (tertiary/aromatic N) is 2. The lowest BCUT2D eigenvalue weighted by atomic mass is 10.3. The van der Waals surface area contributed by atoms with Gasteiger partial charge in [0.15, 0.2) is 0 Å². The highest BCUT2D eigenvalue weighted by atomic mass is 16.1. The monoisotopic (exact) mass is 290 g/mol. The van der Waals surface area contributed by atoms with E-state index in [2.05, 4.69) is 20.6 Å². The van der Waals surface area contributed by atoms with Gasteiger partial charge in [0.2, 0.25) is 0 Å². The second-order valence-electron chi connectivity index (χ2n) is 4.60. The zero-order valence-electron chi connectivity index (χ0n) is 11.7. The maximum absolute atomic E-state index is 12.2. The minimum Gasteiger partial charge on any atom is -0.340 e. The lowest BCUT2D eigenvalue weighted by molar-refractivity contribution is 0.102. The Morgan fingerprint density at radius 1 is 0.818 bits per heavy atom. The van der Waals surface area contributed by atoms with E-state index in [1.807, 2.05) is 60.7 Å². The van der Waals surface area contributed by atoms with E-state index in [-0.39, 0.29) is 5.91 Å². The summed E-state index contributed by atoms with van der Waals surface area (Å²) in [4.78, 5) is 20.3. The van der Waals surface area contributed by atoms with Gasteiger partial charge < -0.3 is 10.6 Å². The van der Waals surface area contributed by atoms with Crippen LogP contribution in [0.1, 0.15) is 10.5 Å². The van der Waals surface area contributed by atoms with Crippen molar-refractivity contribution in [2.45, 2.75) is 0 Å². The Hall–Kier alpha value is -3.21. The quantitative estimate of drug-likeness (QED) is 0.772. The smallest absolute Gasteiger partial charge is 0.274 e. The molecule has 0 radical (unpaired) electrons. The van der Waals surface area contributed by atoms with Gasteiger partial charge in [-0.25, -0.2) is 9.97 Å². The molecular formula is C17H14N4O. The van der Waals surface area contributed by atoms with E-state index in [0.29, 0.717) is 11.5 Å². The molecule has 0 spiro atoms. The number of rotatable bonds is 4. The van der Waals surface area contributed by atoms with Crippen molar-refractivity contribution in [2.24, 2.45) is 0 Å². The maximum atomic E-state index is 12.2. The first kappa shape index (κ1) is 13.8. The first-order chi connectivity index (χ1) is 10.8. The van der Waals surface area contributed by atoms with Gasteiger partial charge in [-0.05, 0) is 24.3 Å². The first-order valence-corrected chi connectivity index (χ1v) is 6.82. The minimum absolute atomic E-state index is 0.273. The molecule has 5 heteroatoms. The number of carbonyl (C=O) groups excluding carboxylic acids is 1. The molecule has 0 aliphatic carbocycles. The van der Waals surface area contributed by atoms with Crippen LogP contribution in [0.4, 0.5) is 17.2 Å². The highest BCUT2D eigenvalue weighted by Crippen LogP contribution is 2.14. The Morgan fingerprint density at radius 3 is 2.14 bits per heavy atom. The summed E-state index contributed by atoms with van der Waals surface area (Å²) in [6, 6.07) is 20.5. The normalized spacial score (nSPS) is 10.0. The van der Waals surface area contributed by atoms with E-state index in [4.69, 9.17) is 0 Å². The van der Waals surface area contributed by atoms with Gasteiger partial charge in [0.05, 0.1) is 0 Å². The third kappa shape index (κ3) is 3.46. The number of aromatic nitrogens is 2. The fourth-order valence-electron chi connectivity index (χ4n) is 1.94. The molecule has 3 aromatic rings. The van der Waals surface area contributed by atoms with Gasteiger partial charge in [-0.15, -0.1) is 0 Å². The van der Waals surface area contributed by atoms with Gasteiger partial charge in [-0.1, -0.05) is 36.4 Å². The van der Waals surface area contributed by atoms with Crippen LogP contribution in [0.15, 0.2) is 73.1 Å². The van der Waals surface area contributed by atoms with E-state index >= 15 is 0 Å². The van der Waals surface area contributed by atoms with Gasteiger partial charge in [-0.2, -0.15) is 0 Å². The zero-order valence-corrected chi connectivity index (χ0v) is 11.7. The Kier molecular flexibility index (Phi) is 4.06. The standard InChI is InChI=1S/C17H14N4O/c22-17(21-14-9-5-2-6-10-14)15-11-16(19-12-18-15)20-13-7-3-1-4-8-13/h1-12H,(H,21,22)(H,18,19,20). The third-order valence-corrected chi connectivity index (χ3v) is 2.98. The molecule has 0 saturated heterocycles. The summed E-state index contributed by atoms with van der Waals surface area (Å²) >= 11 is 0. The van der Waals surface area contributed by atoms with Gasteiger partial charge in [0.1, 0.15) is 17.8 Å². The topological polar surface area (TPSA) is 66.9 Å². The van der Waals surface area contributed by atoms with Crippen LogP contribution in [0.2, 0.25) is 0 Å². The highest BCUT2D eigenvalue weighted by Gasteiger charge is 2.09. The van der Waals surface area contributed by atoms with Gasteiger partial charge >= 0.3 is 0 Å². The average molecular weight is 290 g/mol. The van der Waals surface area contributed by atoms with Crippen molar-refractivity contribution in [3.8, 4) is 0 Å². The van der Waals surface area contributed by atoms with Crippen molar-refractivity contribution < 1.29 is 4.79 Å². The number of amides is 1. The molecule has 0 saturated carbocycles. The fraction of sp³-hybridized carbons (Fsp3) is 0. The van der Waals surface area contributed by atoms with Crippen LogP contribution in [-0.4, -0.2) is 15.9 Å². The Bertz CT molecular complexity index is 760. The third-order valence-electron chi connectivity index (χ3n) is 2.98. The second-order valence-corrected chi connectivity index (χ2v) is 4.60. The molecule has 2 N–H and O–H groups in total. The van der Waals surface area contributed by atoms with Crippen LogP contribution < -0.4 is 10.6 Å². The number of anilines is 3. The fourth-order valence-corrected chi connectivity index (χ4v) is 1.94. The van der Waals surface area contributed by atoms with Crippen LogP contribution >= 0.6 is 0 Å². The van der Waals surface area contributed by atoms with Crippen LogP contribution in [0, 0.1) is 0 Å². The van der Waals surface area contributed by atoms with E-state index in [0.717, 1.165) is 11.4 Å². The summed E-state index contributed by atoms with van der Waals surface area (Å²) in [7, 11) is 0. The van der Waals surface area contributed by atoms with Crippen LogP contribution in [-0.2, 0) is 0 Å². The van der Waals surface area contributed by atoms with Gasteiger partial charge in [0, 0.05) is 17.4 Å². The molecule has 5 nitrogen and oxygen atoms in total. The number of nitrogens with one attached hydrogen (secondary N) is 2. The predicted octanol–water partition coefficient (Wildman–Crippen LogP) is 3.47. The van der Waals surface area contributed by atoms with Crippen molar-refractivity contribution >= 4 is 23.1 Å². The Morgan fingerprint density at radius 2 is 1.45 bits per heavy atom.